The molecule has 138 valence electrons. The molecule has 0 aromatic heterocycles. The Bertz CT molecular complexity index is 569. The summed E-state index contributed by atoms with van der Waals surface area (Å²) in [7, 11) is 4.05. The molecular weight excluding hydrogens is 314 g/mol. The van der Waals surface area contributed by atoms with Crippen LogP contribution < -0.4 is 5.32 Å². The number of aryl methyl sites for hydroxylation is 1. The molecule has 1 atom stereocenters. The van der Waals surface area contributed by atoms with Crippen molar-refractivity contribution in [3.63, 3.8) is 0 Å². The number of nitrogens with zero attached hydrogens (tertiary/aromatic N) is 2. The molecular formula is C20H31N3O2. The Kier molecular flexibility index (Phi) is 7.44. The van der Waals surface area contributed by atoms with E-state index in [-0.39, 0.29) is 17.9 Å². The normalized spacial score (nSPS) is 16.2. The Hall–Kier alpha value is -1.88. The fourth-order valence-electron chi connectivity index (χ4n) is 3.21. The number of likely N-dealkylation sites (N-methyl/N-ethyl adjacent to an activating group) is 1. The first-order chi connectivity index (χ1) is 12.0. The van der Waals surface area contributed by atoms with Gasteiger partial charge in [-0.05, 0) is 45.8 Å². The van der Waals surface area contributed by atoms with Gasteiger partial charge in [-0.25, -0.2) is 0 Å². The smallest absolute Gasteiger partial charge is 0.222 e. The minimum Gasteiger partial charge on any atom is -0.354 e. The molecule has 2 amide bonds. The van der Waals surface area contributed by atoms with Gasteiger partial charge in [0.15, 0.2) is 0 Å². The van der Waals surface area contributed by atoms with Crippen LogP contribution in [0.3, 0.4) is 0 Å². The molecule has 1 heterocycles. The third-order valence-corrected chi connectivity index (χ3v) is 4.83. The molecule has 1 unspecified atom stereocenters. The van der Waals surface area contributed by atoms with Crippen LogP contribution in [0.2, 0.25) is 0 Å². The lowest BCUT2D eigenvalue weighted by molar-refractivity contribution is -0.133. The van der Waals surface area contributed by atoms with Crippen LogP contribution in [0, 0.1) is 6.92 Å². The van der Waals surface area contributed by atoms with Gasteiger partial charge in [0.1, 0.15) is 0 Å². The summed E-state index contributed by atoms with van der Waals surface area (Å²) in [6.07, 6.45) is 3.94. The molecule has 1 fully saturated rings. The number of carbonyl (C=O) groups is 2. The van der Waals surface area contributed by atoms with Crippen molar-refractivity contribution in [1.82, 2.24) is 15.1 Å². The average molecular weight is 345 g/mol. The number of hydrogen-bond acceptors (Lipinski definition) is 3. The summed E-state index contributed by atoms with van der Waals surface area (Å²) in [4.78, 5) is 27.9. The molecule has 25 heavy (non-hydrogen) atoms. The number of likely N-dealkylation sites (tertiary alicyclic amines) is 1. The highest BCUT2D eigenvalue weighted by molar-refractivity contribution is 5.77. The highest BCUT2D eigenvalue weighted by Crippen LogP contribution is 2.18. The molecule has 0 radical (unpaired) electrons. The zero-order valence-corrected chi connectivity index (χ0v) is 15.8. The summed E-state index contributed by atoms with van der Waals surface area (Å²) in [5, 5.41) is 3.04. The highest BCUT2D eigenvalue weighted by Gasteiger charge is 2.18. The number of benzene rings is 1. The summed E-state index contributed by atoms with van der Waals surface area (Å²) >= 11 is 0. The predicted octanol–water partition coefficient (Wildman–Crippen LogP) is 2.51. The predicted molar refractivity (Wildman–Crippen MR) is 100 cm³/mol. The lowest BCUT2D eigenvalue weighted by atomic mass is 10.0. The van der Waals surface area contributed by atoms with E-state index in [0.717, 1.165) is 25.8 Å². The Labute approximate surface area is 151 Å². The van der Waals surface area contributed by atoms with E-state index in [1.165, 1.54) is 11.1 Å². The van der Waals surface area contributed by atoms with Crippen molar-refractivity contribution < 1.29 is 9.59 Å². The van der Waals surface area contributed by atoms with Crippen LogP contribution in [0.4, 0.5) is 0 Å². The lowest BCUT2D eigenvalue weighted by Gasteiger charge is -2.27. The molecule has 2 rings (SSSR count). The zero-order chi connectivity index (χ0) is 18.2. The van der Waals surface area contributed by atoms with Crippen molar-refractivity contribution in [3.8, 4) is 0 Å². The molecule has 1 aliphatic rings. The van der Waals surface area contributed by atoms with Crippen molar-refractivity contribution in [1.29, 1.82) is 0 Å². The van der Waals surface area contributed by atoms with E-state index in [1.54, 1.807) is 0 Å². The number of amides is 2. The number of carbonyl (C=O) groups excluding carboxylic acids is 2. The fraction of sp³-hybridized carbons (Fsp3) is 0.600. The van der Waals surface area contributed by atoms with Gasteiger partial charge in [-0.3, -0.25) is 9.59 Å². The van der Waals surface area contributed by atoms with E-state index in [1.807, 2.05) is 19.0 Å². The SMILES string of the molecule is Cc1ccc(C(CNC(=O)CCCN2CCCCC2=O)N(C)C)cc1. The number of piperidine rings is 1. The standard InChI is InChI=1S/C20H31N3O2/c1-16-9-11-17(12-10-16)18(22(2)3)15-21-19(24)7-6-14-23-13-5-4-8-20(23)25/h9-12,18H,4-8,13-15H2,1-3H3,(H,21,24). The Balaban J connectivity index is 1.75. The molecule has 5 nitrogen and oxygen atoms in total. The largest absolute Gasteiger partial charge is 0.354 e. The van der Waals surface area contributed by atoms with Gasteiger partial charge in [-0.1, -0.05) is 29.8 Å². The van der Waals surface area contributed by atoms with Gasteiger partial charge in [0, 0.05) is 32.5 Å². The van der Waals surface area contributed by atoms with Crippen molar-refractivity contribution in [2.45, 2.75) is 45.1 Å². The van der Waals surface area contributed by atoms with Gasteiger partial charge in [-0.2, -0.15) is 0 Å². The number of nitrogens with one attached hydrogen (secondary N) is 1. The van der Waals surface area contributed by atoms with E-state index in [2.05, 4.69) is 41.4 Å². The molecule has 1 N–H and O–H groups in total. The molecule has 0 bridgehead atoms. The first kappa shape index (κ1) is 19.4. The molecule has 1 aromatic rings. The maximum atomic E-state index is 12.1. The average Bonchev–Trinajstić information content (AvgIpc) is 2.58. The van der Waals surface area contributed by atoms with E-state index in [4.69, 9.17) is 0 Å². The second-order valence-corrected chi connectivity index (χ2v) is 7.14. The van der Waals surface area contributed by atoms with Gasteiger partial charge in [0.25, 0.3) is 0 Å². The Morgan fingerprint density at radius 1 is 1.24 bits per heavy atom. The highest BCUT2D eigenvalue weighted by atomic mass is 16.2. The van der Waals surface area contributed by atoms with Gasteiger partial charge in [-0.15, -0.1) is 0 Å². The van der Waals surface area contributed by atoms with Gasteiger partial charge >= 0.3 is 0 Å². The van der Waals surface area contributed by atoms with Crippen molar-refractivity contribution in [2.24, 2.45) is 0 Å². The van der Waals surface area contributed by atoms with Crippen molar-refractivity contribution in [3.05, 3.63) is 35.4 Å². The topological polar surface area (TPSA) is 52.7 Å². The quantitative estimate of drug-likeness (QED) is 0.788. The van der Waals surface area contributed by atoms with Crippen LogP contribution in [-0.2, 0) is 9.59 Å². The van der Waals surface area contributed by atoms with Crippen LogP contribution in [-0.4, -0.2) is 55.3 Å². The van der Waals surface area contributed by atoms with Crippen LogP contribution >= 0.6 is 0 Å². The second kappa shape index (κ2) is 9.56. The summed E-state index contributed by atoms with van der Waals surface area (Å²) in [6, 6.07) is 8.60. The van der Waals surface area contributed by atoms with E-state index >= 15 is 0 Å². The van der Waals surface area contributed by atoms with Gasteiger partial charge in [0.2, 0.25) is 11.8 Å². The molecule has 1 aromatic carbocycles. The summed E-state index contributed by atoms with van der Waals surface area (Å²) < 4.78 is 0. The van der Waals surface area contributed by atoms with E-state index in [9.17, 15) is 9.59 Å². The minimum absolute atomic E-state index is 0.0587. The lowest BCUT2D eigenvalue weighted by Crippen LogP contribution is -2.37. The van der Waals surface area contributed by atoms with E-state index < -0.39 is 0 Å². The Morgan fingerprint density at radius 3 is 2.60 bits per heavy atom. The zero-order valence-electron chi connectivity index (χ0n) is 15.8. The van der Waals surface area contributed by atoms with Gasteiger partial charge in [0.05, 0.1) is 6.04 Å². The third kappa shape index (κ3) is 6.16. The van der Waals surface area contributed by atoms with Crippen LogP contribution in [0.15, 0.2) is 24.3 Å². The van der Waals surface area contributed by atoms with Crippen LogP contribution in [0.5, 0.6) is 0 Å². The maximum Gasteiger partial charge on any atom is 0.222 e. The number of rotatable bonds is 8. The minimum atomic E-state index is 0.0587. The third-order valence-electron chi connectivity index (χ3n) is 4.83. The van der Waals surface area contributed by atoms with Crippen LogP contribution in [0.1, 0.15) is 49.3 Å². The molecule has 5 heteroatoms. The first-order valence-corrected chi connectivity index (χ1v) is 9.25. The summed E-state index contributed by atoms with van der Waals surface area (Å²) in [5.74, 6) is 0.294. The molecule has 0 aliphatic carbocycles. The van der Waals surface area contributed by atoms with E-state index in [0.29, 0.717) is 25.9 Å². The molecule has 0 spiro atoms. The fourth-order valence-corrected chi connectivity index (χ4v) is 3.21. The second-order valence-electron chi connectivity index (χ2n) is 7.14. The summed E-state index contributed by atoms with van der Waals surface area (Å²) in [6.45, 7) is 4.21. The summed E-state index contributed by atoms with van der Waals surface area (Å²) in [5.41, 5.74) is 2.44. The van der Waals surface area contributed by atoms with Crippen LogP contribution in [0.25, 0.3) is 0 Å². The number of hydrogen-bond donors (Lipinski definition) is 1. The first-order valence-electron chi connectivity index (χ1n) is 9.25. The van der Waals surface area contributed by atoms with Crippen molar-refractivity contribution in [2.75, 3.05) is 33.7 Å². The van der Waals surface area contributed by atoms with Crippen molar-refractivity contribution >= 4 is 11.8 Å². The monoisotopic (exact) mass is 345 g/mol. The Morgan fingerprint density at radius 2 is 1.96 bits per heavy atom. The molecule has 0 saturated carbocycles. The molecule has 1 aliphatic heterocycles. The maximum absolute atomic E-state index is 12.1. The molecule has 1 saturated heterocycles. The van der Waals surface area contributed by atoms with Gasteiger partial charge < -0.3 is 15.1 Å².